The Morgan fingerprint density at radius 1 is 1.35 bits per heavy atom. The summed E-state index contributed by atoms with van der Waals surface area (Å²) in [5.41, 5.74) is 0.726. The summed E-state index contributed by atoms with van der Waals surface area (Å²) in [7, 11) is -3.49. The van der Waals surface area contributed by atoms with Crippen LogP contribution in [-0.4, -0.2) is 20.1 Å². The Hall–Kier alpha value is -0.730. The molecule has 4 nitrogen and oxygen atoms in total. The fraction of sp³-hybridized carbons (Fsp3) is 0.200. The smallest absolute Gasteiger partial charge is 0.250 e. The van der Waals surface area contributed by atoms with Crippen molar-refractivity contribution in [2.24, 2.45) is 0 Å². The Kier molecular flexibility index (Phi) is 3.95. The first-order valence-corrected chi connectivity index (χ1v) is 8.13. The Morgan fingerprint density at radius 3 is 2.76 bits per heavy atom. The molecule has 0 amide bonds. The van der Waals surface area contributed by atoms with E-state index in [1.807, 2.05) is 5.38 Å². The van der Waals surface area contributed by atoms with E-state index in [1.165, 1.54) is 17.4 Å². The van der Waals surface area contributed by atoms with Crippen LogP contribution in [0.5, 0.6) is 0 Å². The zero-order valence-corrected chi connectivity index (χ0v) is 11.2. The van der Waals surface area contributed by atoms with E-state index in [2.05, 4.69) is 4.72 Å². The van der Waals surface area contributed by atoms with Crippen LogP contribution in [-0.2, 0) is 10.0 Å². The molecule has 0 fully saturated rings. The van der Waals surface area contributed by atoms with Gasteiger partial charge in [0.1, 0.15) is 4.21 Å². The van der Waals surface area contributed by atoms with Crippen molar-refractivity contribution in [1.82, 2.24) is 4.72 Å². The molecule has 17 heavy (non-hydrogen) atoms. The highest BCUT2D eigenvalue weighted by Gasteiger charge is 2.17. The second-order valence-corrected chi connectivity index (χ2v) is 7.08. The fourth-order valence-corrected chi connectivity index (χ4v) is 4.04. The van der Waals surface area contributed by atoms with E-state index in [0.717, 1.165) is 16.9 Å². The van der Waals surface area contributed by atoms with E-state index in [1.54, 1.807) is 22.9 Å². The molecule has 2 aromatic rings. The van der Waals surface area contributed by atoms with Crippen LogP contribution in [0.1, 0.15) is 11.7 Å². The molecule has 7 heteroatoms. The van der Waals surface area contributed by atoms with E-state index in [-0.39, 0.29) is 10.8 Å². The highest BCUT2D eigenvalue weighted by Crippen LogP contribution is 2.18. The van der Waals surface area contributed by atoms with Crippen molar-refractivity contribution < 1.29 is 13.5 Å². The van der Waals surface area contributed by atoms with Gasteiger partial charge in [0, 0.05) is 6.54 Å². The lowest BCUT2D eigenvalue weighted by molar-refractivity contribution is 0.182. The van der Waals surface area contributed by atoms with Crippen LogP contribution in [0.3, 0.4) is 0 Å². The molecule has 0 spiro atoms. The van der Waals surface area contributed by atoms with Gasteiger partial charge in [-0.3, -0.25) is 0 Å². The Bertz CT molecular complexity index is 546. The minimum Gasteiger partial charge on any atom is -0.387 e. The maximum absolute atomic E-state index is 11.8. The number of thiophene rings is 2. The van der Waals surface area contributed by atoms with E-state index in [4.69, 9.17) is 0 Å². The molecule has 0 aliphatic rings. The van der Waals surface area contributed by atoms with E-state index in [0.29, 0.717) is 0 Å². The monoisotopic (exact) mass is 289 g/mol. The summed E-state index contributed by atoms with van der Waals surface area (Å²) in [5.74, 6) is 0. The van der Waals surface area contributed by atoms with E-state index < -0.39 is 16.1 Å². The predicted molar refractivity (Wildman–Crippen MR) is 68.8 cm³/mol. The van der Waals surface area contributed by atoms with Gasteiger partial charge >= 0.3 is 0 Å². The number of aliphatic hydroxyl groups excluding tert-OH is 1. The molecule has 2 N–H and O–H groups in total. The third-order valence-corrected chi connectivity index (χ3v) is 5.68. The lowest BCUT2D eigenvalue weighted by Gasteiger charge is -2.09. The molecule has 0 radical (unpaired) electrons. The second-order valence-electron chi connectivity index (χ2n) is 3.36. The number of rotatable bonds is 5. The maximum atomic E-state index is 11.8. The van der Waals surface area contributed by atoms with Gasteiger partial charge in [0.15, 0.2) is 0 Å². The third kappa shape index (κ3) is 3.14. The van der Waals surface area contributed by atoms with Crippen LogP contribution >= 0.6 is 22.7 Å². The van der Waals surface area contributed by atoms with E-state index >= 15 is 0 Å². The zero-order chi connectivity index (χ0) is 12.3. The van der Waals surface area contributed by atoms with Gasteiger partial charge in [-0.15, -0.1) is 11.3 Å². The van der Waals surface area contributed by atoms with Crippen molar-refractivity contribution in [2.45, 2.75) is 10.3 Å². The average molecular weight is 289 g/mol. The van der Waals surface area contributed by atoms with Crippen LogP contribution in [0.25, 0.3) is 0 Å². The van der Waals surface area contributed by atoms with Crippen LogP contribution < -0.4 is 4.72 Å². The van der Waals surface area contributed by atoms with Gasteiger partial charge in [-0.05, 0) is 33.8 Å². The molecule has 2 rings (SSSR count). The van der Waals surface area contributed by atoms with Crippen molar-refractivity contribution in [2.75, 3.05) is 6.54 Å². The predicted octanol–water partition coefficient (Wildman–Crippen LogP) is 1.82. The lowest BCUT2D eigenvalue weighted by Crippen LogP contribution is -2.27. The van der Waals surface area contributed by atoms with Gasteiger partial charge in [0.05, 0.1) is 6.10 Å². The quantitative estimate of drug-likeness (QED) is 0.882. The molecule has 0 unspecified atom stereocenters. The molecule has 0 bridgehead atoms. The second kappa shape index (κ2) is 5.28. The minimum atomic E-state index is -3.49. The van der Waals surface area contributed by atoms with Crippen molar-refractivity contribution in [3.63, 3.8) is 0 Å². The summed E-state index contributed by atoms with van der Waals surface area (Å²) in [6.07, 6.45) is -0.809. The number of sulfonamides is 1. The van der Waals surface area contributed by atoms with Crippen LogP contribution in [0.4, 0.5) is 0 Å². The molecule has 0 aliphatic heterocycles. The van der Waals surface area contributed by atoms with Crippen LogP contribution in [0, 0.1) is 0 Å². The number of aliphatic hydroxyl groups is 1. The van der Waals surface area contributed by atoms with Gasteiger partial charge in [0.25, 0.3) is 0 Å². The Balaban J connectivity index is 1.99. The van der Waals surface area contributed by atoms with Crippen molar-refractivity contribution >= 4 is 32.7 Å². The zero-order valence-electron chi connectivity index (χ0n) is 8.74. The summed E-state index contributed by atoms with van der Waals surface area (Å²) < 4.78 is 26.2. The highest BCUT2D eigenvalue weighted by atomic mass is 32.2. The largest absolute Gasteiger partial charge is 0.387 e. The summed E-state index contributed by atoms with van der Waals surface area (Å²) in [6.45, 7) is -0.0169. The maximum Gasteiger partial charge on any atom is 0.250 e. The van der Waals surface area contributed by atoms with Gasteiger partial charge in [-0.1, -0.05) is 6.07 Å². The molecule has 0 aliphatic carbocycles. The lowest BCUT2D eigenvalue weighted by atomic mass is 10.2. The summed E-state index contributed by atoms with van der Waals surface area (Å²) >= 11 is 2.61. The minimum absolute atomic E-state index is 0.0169. The average Bonchev–Trinajstić information content (AvgIpc) is 2.97. The summed E-state index contributed by atoms with van der Waals surface area (Å²) in [5, 5.41) is 15.1. The van der Waals surface area contributed by atoms with Gasteiger partial charge in [0.2, 0.25) is 10.0 Å². The first-order chi connectivity index (χ1) is 8.09. The van der Waals surface area contributed by atoms with Gasteiger partial charge in [-0.25, -0.2) is 13.1 Å². The number of hydrogen-bond donors (Lipinski definition) is 2. The molecule has 0 saturated carbocycles. The van der Waals surface area contributed by atoms with Crippen molar-refractivity contribution in [1.29, 1.82) is 0 Å². The standard InChI is InChI=1S/C10H11NO3S3/c12-9(8-3-5-15-7-8)6-11-17(13,14)10-2-1-4-16-10/h1-5,7,9,11-12H,6H2/t9-/m1/s1. The first kappa shape index (κ1) is 12.7. The highest BCUT2D eigenvalue weighted by molar-refractivity contribution is 7.91. The van der Waals surface area contributed by atoms with Crippen LogP contribution in [0.15, 0.2) is 38.5 Å². The third-order valence-electron chi connectivity index (χ3n) is 2.15. The molecular weight excluding hydrogens is 278 g/mol. The van der Waals surface area contributed by atoms with E-state index in [9.17, 15) is 13.5 Å². The van der Waals surface area contributed by atoms with Crippen LogP contribution in [0.2, 0.25) is 0 Å². The molecule has 0 aromatic carbocycles. The molecule has 2 aromatic heterocycles. The fourth-order valence-electron chi connectivity index (χ4n) is 1.26. The molecule has 0 saturated heterocycles. The van der Waals surface area contributed by atoms with Crippen molar-refractivity contribution in [3.8, 4) is 0 Å². The molecule has 2 heterocycles. The van der Waals surface area contributed by atoms with Crippen molar-refractivity contribution in [3.05, 3.63) is 39.9 Å². The summed E-state index contributed by atoms with van der Waals surface area (Å²) in [4.78, 5) is 0. The first-order valence-electron chi connectivity index (χ1n) is 4.83. The molecule has 92 valence electrons. The topological polar surface area (TPSA) is 66.4 Å². The normalized spacial score (nSPS) is 13.7. The molecule has 1 atom stereocenters. The van der Waals surface area contributed by atoms with Gasteiger partial charge < -0.3 is 5.11 Å². The summed E-state index contributed by atoms with van der Waals surface area (Å²) in [6, 6.07) is 4.98. The molecular formula is C10H11NO3S3. The SMILES string of the molecule is O=S(=O)(NC[C@@H](O)c1ccsc1)c1cccs1. The number of nitrogens with one attached hydrogen (secondary N) is 1. The Morgan fingerprint density at radius 2 is 2.18 bits per heavy atom. The van der Waals surface area contributed by atoms with Gasteiger partial charge in [-0.2, -0.15) is 11.3 Å². The Labute approximate surface area is 108 Å². The number of hydrogen-bond acceptors (Lipinski definition) is 5.